The molecule has 0 radical (unpaired) electrons. The first-order valence-corrected chi connectivity index (χ1v) is 12.7. The highest BCUT2D eigenvalue weighted by molar-refractivity contribution is 7.14. The molecule has 2 fully saturated rings. The van der Waals surface area contributed by atoms with E-state index in [1.807, 2.05) is 0 Å². The Balaban J connectivity index is 1.42. The predicted molar refractivity (Wildman–Crippen MR) is 121 cm³/mol. The quantitative estimate of drug-likeness (QED) is 0.535. The molecule has 0 atom stereocenters. The molecule has 0 unspecified atom stereocenters. The van der Waals surface area contributed by atoms with E-state index < -0.39 is 5.97 Å². The van der Waals surface area contributed by atoms with E-state index in [0.717, 1.165) is 11.7 Å². The lowest BCUT2D eigenvalue weighted by molar-refractivity contribution is -0.136. The van der Waals surface area contributed by atoms with E-state index in [0.29, 0.717) is 17.9 Å². The standard InChI is InChI=1S/C23H32N2O2S2/c1-17-5-6-19(29-17)15-25(14-9-21(26)27)22-24-20(16-28-22)18-7-12-23(13-8-18)10-3-2-4-11-23/h5-6,16,18H,2-4,7-15H2,1H3,(H,26,27). The van der Waals surface area contributed by atoms with Crippen molar-refractivity contribution in [1.29, 1.82) is 0 Å². The van der Waals surface area contributed by atoms with Gasteiger partial charge in [-0.3, -0.25) is 4.79 Å². The van der Waals surface area contributed by atoms with Crippen molar-refractivity contribution in [2.24, 2.45) is 5.41 Å². The van der Waals surface area contributed by atoms with Gasteiger partial charge in [-0.15, -0.1) is 22.7 Å². The Morgan fingerprint density at radius 1 is 1.21 bits per heavy atom. The summed E-state index contributed by atoms with van der Waals surface area (Å²) in [7, 11) is 0. The van der Waals surface area contributed by atoms with Gasteiger partial charge in [-0.2, -0.15) is 0 Å². The molecule has 6 heteroatoms. The average molecular weight is 433 g/mol. The molecule has 0 aliphatic heterocycles. The van der Waals surface area contributed by atoms with Crippen LogP contribution in [0.5, 0.6) is 0 Å². The summed E-state index contributed by atoms with van der Waals surface area (Å²) >= 11 is 3.46. The van der Waals surface area contributed by atoms with Gasteiger partial charge in [-0.05, 0) is 63.0 Å². The molecule has 4 rings (SSSR count). The van der Waals surface area contributed by atoms with Gasteiger partial charge in [-0.1, -0.05) is 19.3 Å². The Morgan fingerprint density at radius 3 is 2.62 bits per heavy atom. The third kappa shape index (κ3) is 5.21. The number of aryl methyl sites for hydroxylation is 1. The van der Waals surface area contributed by atoms with Crippen LogP contribution in [0.25, 0.3) is 0 Å². The fourth-order valence-corrected chi connectivity index (χ4v) is 7.01. The maximum atomic E-state index is 11.2. The van der Waals surface area contributed by atoms with Crippen LogP contribution < -0.4 is 4.90 Å². The zero-order valence-electron chi connectivity index (χ0n) is 17.4. The third-order valence-electron chi connectivity index (χ3n) is 6.90. The normalized spacial score (nSPS) is 19.5. The van der Waals surface area contributed by atoms with Crippen molar-refractivity contribution in [1.82, 2.24) is 4.98 Å². The highest BCUT2D eigenvalue weighted by Gasteiger charge is 2.37. The number of thiazole rings is 1. The van der Waals surface area contributed by atoms with Crippen LogP contribution in [0.3, 0.4) is 0 Å². The second-order valence-corrected chi connectivity index (χ2v) is 11.2. The van der Waals surface area contributed by atoms with Crippen LogP contribution in [0.1, 0.15) is 85.6 Å². The summed E-state index contributed by atoms with van der Waals surface area (Å²) in [5, 5.41) is 12.4. The highest BCUT2D eigenvalue weighted by atomic mass is 32.1. The number of aromatic nitrogens is 1. The number of rotatable bonds is 7. The van der Waals surface area contributed by atoms with Gasteiger partial charge in [0, 0.05) is 27.6 Å². The number of carboxylic acid groups (broad SMARTS) is 1. The zero-order valence-corrected chi connectivity index (χ0v) is 19.0. The lowest BCUT2D eigenvalue weighted by Gasteiger charge is -2.42. The van der Waals surface area contributed by atoms with Crippen LogP contribution in [0.2, 0.25) is 0 Å². The SMILES string of the molecule is Cc1ccc(CN(CCC(=O)O)c2nc(C3CCC4(CCCCC4)CC3)cs2)s1. The van der Waals surface area contributed by atoms with E-state index in [9.17, 15) is 4.79 Å². The van der Waals surface area contributed by atoms with Crippen molar-refractivity contribution in [2.75, 3.05) is 11.4 Å². The minimum atomic E-state index is -0.751. The Morgan fingerprint density at radius 2 is 1.97 bits per heavy atom. The first-order chi connectivity index (χ1) is 14.0. The highest BCUT2D eigenvalue weighted by Crippen LogP contribution is 2.51. The van der Waals surface area contributed by atoms with Gasteiger partial charge in [0.2, 0.25) is 0 Å². The number of aliphatic carboxylic acids is 1. The molecule has 2 aliphatic carbocycles. The largest absolute Gasteiger partial charge is 0.481 e. The second-order valence-electron chi connectivity index (χ2n) is 8.97. The molecule has 158 valence electrons. The van der Waals surface area contributed by atoms with Crippen molar-refractivity contribution in [2.45, 2.75) is 83.6 Å². The summed E-state index contributed by atoms with van der Waals surface area (Å²) in [6, 6.07) is 4.28. The summed E-state index contributed by atoms with van der Waals surface area (Å²) in [4.78, 5) is 20.9. The van der Waals surface area contributed by atoms with E-state index >= 15 is 0 Å². The van der Waals surface area contributed by atoms with Crippen LogP contribution in [-0.2, 0) is 11.3 Å². The molecule has 2 aliphatic rings. The molecule has 29 heavy (non-hydrogen) atoms. The minimum Gasteiger partial charge on any atom is -0.481 e. The molecule has 0 aromatic carbocycles. The fourth-order valence-electron chi connectivity index (χ4n) is 5.17. The van der Waals surface area contributed by atoms with E-state index in [2.05, 4.69) is 29.3 Å². The molecule has 1 spiro atoms. The van der Waals surface area contributed by atoms with Crippen LogP contribution >= 0.6 is 22.7 Å². The fraction of sp³-hybridized carbons (Fsp3) is 0.652. The number of nitrogens with zero attached hydrogens (tertiary/aromatic N) is 2. The monoisotopic (exact) mass is 432 g/mol. The molecule has 2 heterocycles. The lowest BCUT2D eigenvalue weighted by atomic mass is 9.63. The summed E-state index contributed by atoms with van der Waals surface area (Å²) in [5.41, 5.74) is 1.87. The molecule has 1 N–H and O–H groups in total. The van der Waals surface area contributed by atoms with Crippen LogP contribution in [-0.4, -0.2) is 22.6 Å². The number of carboxylic acids is 1. The summed E-state index contributed by atoms with van der Waals surface area (Å²) in [6.07, 6.45) is 12.5. The van der Waals surface area contributed by atoms with E-state index in [4.69, 9.17) is 10.1 Å². The van der Waals surface area contributed by atoms with Gasteiger partial charge in [0.05, 0.1) is 18.7 Å². The van der Waals surface area contributed by atoms with Gasteiger partial charge in [0.1, 0.15) is 0 Å². The molecule has 2 aromatic rings. The number of hydrogen-bond acceptors (Lipinski definition) is 5. The summed E-state index contributed by atoms with van der Waals surface area (Å²) < 4.78 is 0. The lowest BCUT2D eigenvalue weighted by Crippen LogP contribution is -2.29. The number of hydrogen-bond donors (Lipinski definition) is 1. The molecule has 0 bridgehead atoms. The molecule has 0 amide bonds. The minimum absolute atomic E-state index is 0.144. The molecular weight excluding hydrogens is 400 g/mol. The average Bonchev–Trinajstić information content (AvgIpc) is 3.35. The smallest absolute Gasteiger partial charge is 0.305 e. The zero-order chi connectivity index (χ0) is 20.3. The van der Waals surface area contributed by atoms with E-state index in [-0.39, 0.29) is 6.42 Å². The van der Waals surface area contributed by atoms with Gasteiger partial charge in [-0.25, -0.2) is 4.98 Å². The first kappa shape index (κ1) is 20.9. The van der Waals surface area contributed by atoms with E-state index in [1.54, 1.807) is 22.7 Å². The molecule has 2 saturated carbocycles. The summed E-state index contributed by atoms with van der Waals surface area (Å²) in [5.74, 6) is -0.169. The second kappa shape index (κ2) is 9.17. The maximum Gasteiger partial charge on any atom is 0.305 e. The number of thiophene rings is 1. The van der Waals surface area contributed by atoms with Gasteiger partial charge >= 0.3 is 5.97 Å². The topological polar surface area (TPSA) is 53.4 Å². The van der Waals surface area contributed by atoms with E-state index in [1.165, 1.54) is 73.2 Å². The van der Waals surface area contributed by atoms with Crippen LogP contribution in [0.15, 0.2) is 17.5 Å². The number of carbonyl (C=O) groups is 1. The molecule has 0 saturated heterocycles. The predicted octanol–water partition coefficient (Wildman–Crippen LogP) is 6.60. The van der Waals surface area contributed by atoms with Crippen LogP contribution in [0, 0.1) is 12.3 Å². The Hall–Kier alpha value is -1.40. The number of anilines is 1. The van der Waals surface area contributed by atoms with Crippen molar-refractivity contribution >= 4 is 33.8 Å². The van der Waals surface area contributed by atoms with Gasteiger partial charge < -0.3 is 10.0 Å². The van der Waals surface area contributed by atoms with Crippen molar-refractivity contribution in [3.63, 3.8) is 0 Å². The first-order valence-electron chi connectivity index (χ1n) is 11.0. The Labute approximate surface area is 182 Å². The van der Waals surface area contributed by atoms with Gasteiger partial charge in [0.25, 0.3) is 0 Å². The molecular formula is C23H32N2O2S2. The maximum absolute atomic E-state index is 11.2. The summed E-state index contributed by atoms with van der Waals surface area (Å²) in [6.45, 7) is 3.36. The van der Waals surface area contributed by atoms with Crippen molar-refractivity contribution in [3.05, 3.63) is 33.0 Å². The van der Waals surface area contributed by atoms with Gasteiger partial charge in [0.15, 0.2) is 5.13 Å². The molecule has 4 nitrogen and oxygen atoms in total. The molecule has 2 aromatic heterocycles. The van der Waals surface area contributed by atoms with Crippen molar-refractivity contribution < 1.29 is 9.90 Å². The van der Waals surface area contributed by atoms with Crippen molar-refractivity contribution in [3.8, 4) is 0 Å². The van der Waals surface area contributed by atoms with Crippen LogP contribution in [0.4, 0.5) is 5.13 Å². The third-order valence-corrected chi connectivity index (χ3v) is 8.80. The Kier molecular flexibility index (Phi) is 6.60. The Bertz CT molecular complexity index is 812.